The lowest BCUT2D eigenvalue weighted by atomic mass is 10.2. The summed E-state index contributed by atoms with van der Waals surface area (Å²) in [7, 11) is 0. The Balaban J connectivity index is 2.17. The molecule has 118 valence electrons. The van der Waals surface area contributed by atoms with Crippen LogP contribution in [0.5, 0.6) is 0 Å². The lowest BCUT2D eigenvalue weighted by molar-refractivity contribution is -0.116. The van der Waals surface area contributed by atoms with Gasteiger partial charge in [0, 0.05) is 29.2 Å². The van der Waals surface area contributed by atoms with Crippen molar-refractivity contribution in [3.63, 3.8) is 0 Å². The van der Waals surface area contributed by atoms with Crippen molar-refractivity contribution in [2.75, 3.05) is 18.5 Å². The van der Waals surface area contributed by atoms with Crippen LogP contribution in [0.25, 0.3) is 0 Å². The largest absolute Gasteiger partial charge is 0.379 e. The number of anilines is 1. The number of carbonyl (C=O) groups is 1. The normalized spacial score (nSPS) is 12.4. The van der Waals surface area contributed by atoms with Crippen molar-refractivity contribution in [1.29, 1.82) is 0 Å². The second kappa shape index (κ2) is 9.92. The van der Waals surface area contributed by atoms with Gasteiger partial charge in [-0.2, -0.15) is 0 Å². The number of amides is 1. The fraction of sp³-hybridized carbons (Fsp3) is 0.562. The minimum absolute atomic E-state index is 0.0238. The number of ether oxygens (including phenoxy) is 1. The topological polar surface area (TPSA) is 50.4 Å². The molecular weight excluding hydrogens is 332 g/mol. The molecule has 1 atom stereocenters. The predicted octanol–water partition coefficient (Wildman–Crippen LogP) is 3.57. The molecule has 0 radical (unpaired) electrons. The van der Waals surface area contributed by atoms with Crippen LogP contribution in [-0.2, 0) is 9.53 Å². The molecule has 1 aromatic rings. The van der Waals surface area contributed by atoms with Crippen LogP contribution in [0.1, 0.15) is 33.6 Å². The van der Waals surface area contributed by atoms with Gasteiger partial charge in [-0.05, 0) is 58.0 Å². The van der Waals surface area contributed by atoms with E-state index < -0.39 is 0 Å². The third-order valence-corrected chi connectivity index (χ3v) is 3.41. The molecule has 0 saturated heterocycles. The first kappa shape index (κ1) is 18.1. The summed E-state index contributed by atoms with van der Waals surface area (Å²) in [5, 5.41) is 6.23. The van der Waals surface area contributed by atoms with E-state index in [0.29, 0.717) is 6.42 Å². The summed E-state index contributed by atoms with van der Waals surface area (Å²) in [6.45, 7) is 7.69. The number of hydrogen-bond acceptors (Lipinski definition) is 3. The Hall–Kier alpha value is -0.910. The Labute approximate surface area is 135 Å². The average Bonchev–Trinajstić information content (AvgIpc) is 2.40. The zero-order chi connectivity index (χ0) is 15.7. The molecule has 1 unspecified atom stereocenters. The average molecular weight is 357 g/mol. The zero-order valence-electron chi connectivity index (χ0n) is 13.0. The van der Waals surface area contributed by atoms with Crippen LogP contribution in [-0.4, -0.2) is 31.2 Å². The molecular formula is C16H25BrN2O2. The quantitative estimate of drug-likeness (QED) is 0.665. The van der Waals surface area contributed by atoms with Gasteiger partial charge in [-0.1, -0.05) is 15.9 Å². The summed E-state index contributed by atoms with van der Waals surface area (Å²) < 4.78 is 6.47. The predicted molar refractivity (Wildman–Crippen MR) is 90.6 cm³/mol. The maximum Gasteiger partial charge on any atom is 0.225 e. The van der Waals surface area contributed by atoms with E-state index in [4.69, 9.17) is 4.74 Å². The number of hydrogen-bond donors (Lipinski definition) is 2. The highest BCUT2D eigenvalue weighted by atomic mass is 79.9. The van der Waals surface area contributed by atoms with E-state index in [9.17, 15) is 4.79 Å². The van der Waals surface area contributed by atoms with Crippen LogP contribution in [0.3, 0.4) is 0 Å². The molecule has 0 saturated carbocycles. The molecule has 0 heterocycles. The van der Waals surface area contributed by atoms with Gasteiger partial charge in [0.2, 0.25) is 5.91 Å². The van der Waals surface area contributed by atoms with Crippen molar-refractivity contribution >= 4 is 27.5 Å². The van der Waals surface area contributed by atoms with Crippen molar-refractivity contribution in [3.8, 4) is 0 Å². The number of carbonyl (C=O) groups excluding carboxylic acids is 1. The summed E-state index contributed by atoms with van der Waals surface area (Å²) >= 11 is 3.37. The molecule has 4 nitrogen and oxygen atoms in total. The van der Waals surface area contributed by atoms with Crippen LogP contribution in [0.2, 0.25) is 0 Å². The van der Waals surface area contributed by atoms with Crippen LogP contribution >= 0.6 is 15.9 Å². The van der Waals surface area contributed by atoms with Gasteiger partial charge in [0.15, 0.2) is 0 Å². The SMILES string of the molecule is CC(CC(=O)Nc1ccc(Br)cc1)NCCCOC(C)C. The number of rotatable bonds is 9. The van der Waals surface area contributed by atoms with Crippen molar-refractivity contribution in [3.05, 3.63) is 28.7 Å². The summed E-state index contributed by atoms with van der Waals surface area (Å²) in [5.74, 6) is 0.0238. The second-order valence-electron chi connectivity index (χ2n) is 5.39. The summed E-state index contributed by atoms with van der Waals surface area (Å²) in [4.78, 5) is 11.9. The van der Waals surface area contributed by atoms with Gasteiger partial charge in [0.05, 0.1) is 6.10 Å². The third kappa shape index (κ3) is 8.86. The van der Waals surface area contributed by atoms with Gasteiger partial charge < -0.3 is 15.4 Å². The Morgan fingerprint density at radius 3 is 2.52 bits per heavy atom. The van der Waals surface area contributed by atoms with E-state index in [2.05, 4.69) is 26.6 Å². The van der Waals surface area contributed by atoms with E-state index in [1.54, 1.807) is 0 Å². The summed E-state index contributed by atoms with van der Waals surface area (Å²) in [6, 6.07) is 7.73. The second-order valence-corrected chi connectivity index (χ2v) is 6.30. The number of benzene rings is 1. The monoisotopic (exact) mass is 356 g/mol. The lowest BCUT2D eigenvalue weighted by Gasteiger charge is -2.14. The first-order valence-electron chi connectivity index (χ1n) is 7.37. The first-order chi connectivity index (χ1) is 9.97. The number of halogens is 1. The molecule has 0 bridgehead atoms. The standard InChI is InChI=1S/C16H25BrN2O2/c1-12(2)21-10-4-9-18-13(3)11-16(20)19-15-7-5-14(17)6-8-15/h5-8,12-13,18H,4,9-11H2,1-3H3,(H,19,20). The third-order valence-electron chi connectivity index (χ3n) is 2.88. The molecule has 0 aliphatic heterocycles. The highest BCUT2D eigenvalue weighted by molar-refractivity contribution is 9.10. The van der Waals surface area contributed by atoms with Gasteiger partial charge in [-0.25, -0.2) is 0 Å². The molecule has 5 heteroatoms. The highest BCUT2D eigenvalue weighted by Crippen LogP contribution is 2.14. The Bertz CT molecular complexity index is 421. The maximum atomic E-state index is 11.9. The molecule has 1 rings (SSSR count). The number of nitrogens with one attached hydrogen (secondary N) is 2. The van der Waals surface area contributed by atoms with Crippen molar-refractivity contribution in [1.82, 2.24) is 5.32 Å². The molecule has 0 aliphatic rings. The van der Waals surface area contributed by atoms with E-state index in [0.717, 1.165) is 29.7 Å². The zero-order valence-corrected chi connectivity index (χ0v) is 14.6. The van der Waals surface area contributed by atoms with Crippen LogP contribution in [0, 0.1) is 0 Å². The van der Waals surface area contributed by atoms with Crippen molar-refractivity contribution < 1.29 is 9.53 Å². The minimum atomic E-state index is 0.0238. The fourth-order valence-corrected chi connectivity index (χ4v) is 2.10. The Morgan fingerprint density at radius 1 is 1.24 bits per heavy atom. The molecule has 2 N–H and O–H groups in total. The Morgan fingerprint density at radius 2 is 1.90 bits per heavy atom. The molecule has 0 fully saturated rings. The van der Waals surface area contributed by atoms with Crippen molar-refractivity contribution in [2.24, 2.45) is 0 Å². The highest BCUT2D eigenvalue weighted by Gasteiger charge is 2.08. The lowest BCUT2D eigenvalue weighted by Crippen LogP contribution is -2.31. The van der Waals surface area contributed by atoms with Gasteiger partial charge in [-0.15, -0.1) is 0 Å². The molecule has 0 spiro atoms. The summed E-state index contributed by atoms with van der Waals surface area (Å²) in [5.41, 5.74) is 0.820. The van der Waals surface area contributed by atoms with Gasteiger partial charge in [0.25, 0.3) is 0 Å². The molecule has 21 heavy (non-hydrogen) atoms. The van der Waals surface area contributed by atoms with E-state index >= 15 is 0 Å². The molecule has 0 aromatic heterocycles. The van der Waals surface area contributed by atoms with Gasteiger partial charge in [-0.3, -0.25) is 4.79 Å². The Kier molecular flexibility index (Phi) is 8.57. The molecule has 0 aliphatic carbocycles. The van der Waals surface area contributed by atoms with Gasteiger partial charge >= 0.3 is 0 Å². The van der Waals surface area contributed by atoms with E-state index in [1.165, 1.54) is 0 Å². The first-order valence-corrected chi connectivity index (χ1v) is 8.17. The van der Waals surface area contributed by atoms with Crippen LogP contribution < -0.4 is 10.6 Å². The fourth-order valence-electron chi connectivity index (χ4n) is 1.84. The summed E-state index contributed by atoms with van der Waals surface area (Å²) in [6.07, 6.45) is 1.69. The minimum Gasteiger partial charge on any atom is -0.379 e. The van der Waals surface area contributed by atoms with E-state index in [1.807, 2.05) is 45.0 Å². The van der Waals surface area contributed by atoms with E-state index in [-0.39, 0.29) is 18.1 Å². The van der Waals surface area contributed by atoms with Gasteiger partial charge in [0.1, 0.15) is 0 Å². The van der Waals surface area contributed by atoms with Crippen LogP contribution in [0.4, 0.5) is 5.69 Å². The maximum absolute atomic E-state index is 11.9. The molecule has 1 aromatic carbocycles. The smallest absolute Gasteiger partial charge is 0.225 e. The van der Waals surface area contributed by atoms with Crippen molar-refractivity contribution in [2.45, 2.75) is 45.8 Å². The molecule has 1 amide bonds. The van der Waals surface area contributed by atoms with Crippen LogP contribution in [0.15, 0.2) is 28.7 Å².